The molecule has 7 nitrogen and oxygen atoms in total. The van der Waals surface area contributed by atoms with E-state index in [4.69, 9.17) is 9.26 Å². The zero-order valence-electron chi connectivity index (χ0n) is 13.2. The molecule has 118 valence electrons. The van der Waals surface area contributed by atoms with Crippen molar-refractivity contribution >= 4 is 17.8 Å². The molecule has 0 atom stereocenters. The fourth-order valence-electron chi connectivity index (χ4n) is 1.58. The average molecular weight is 297 g/mol. The van der Waals surface area contributed by atoms with E-state index in [1.54, 1.807) is 20.0 Å². The minimum absolute atomic E-state index is 0.261. The molecule has 1 aromatic rings. The molecule has 1 aromatic heterocycles. The summed E-state index contributed by atoms with van der Waals surface area (Å²) in [6, 6.07) is 1.33. The van der Waals surface area contributed by atoms with E-state index in [1.807, 2.05) is 20.8 Å². The zero-order valence-corrected chi connectivity index (χ0v) is 13.2. The molecule has 7 heteroatoms. The zero-order chi connectivity index (χ0) is 16.0. The Morgan fingerprint density at radius 3 is 2.62 bits per heavy atom. The Hall–Kier alpha value is -2.05. The van der Waals surface area contributed by atoms with Gasteiger partial charge in [0.15, 0.2) is 5.82 Å². The number of esters is 1. The Morgan fingerprint density at radius 1 is 1.43 bits per heavy atom. The first-order valence-corrected chi connectivity index (χ1v) is 6.84. The fourth-order valence-corrected chi connectivity index (χ4v) is 1.58. The lowest BCUT2D eigenvalue weighted by atomic mass is 10.2. The lowest BCUT2D eigenvalue weighted by Gasteiger charge is -2.20. The number of carbonyl (C=O) groups is 2. The molecule has 0 unspecified atom stereocenters. The van der Waals surface area contributed by atoms with Crippen molar-refractivity contribution in [3.63, 3.8) is 0 Å². The van der Waals surface area contributed by atoms with Crippen molar-refractivity contribution in [2.75, 3.05) is 18.9 Å². The summed E-state index contributed by atoms with van der Waals surface area (Å²) in [4.78, 5) is 24.9. The van der Waals surface area contributed by atoms with Crippen LogP contribution in [-0.2, 0) is 9.53 Å². The van der Waals surface area contributed by atoms with Crippen LogP contribution < -0.4 is 5.32 Å². The number of anilines is 1. The normalized spacial score (nSPS) is 11.1. The highest BCUT2D eigenvalue weighted by Gasteiger charge is 2.16. The Morgan fingerprint density at radius 2 is 2.10 bits per heavy atom. The summed E-state index contributed by atoms with van der Waals surface area (Å²) in [7, 11) is 1.65. The maximum atomic E-state index is 11.8. The third-order valence-corrected chi connectivity index (χ3v) is 2.50. The number of nitrogens with zero attached hydrogens (tertiary/aromatic N) is 2. The lowest BCUT2D eigenvalue weighted by molar-refractivity contribution is -0.154. The highest BCUT2D eigenvalue weighted by molar-refractivity contribution is 5.88. The van der Waals surface area contributed by atoms with Crippen LogP contribution in [0.4, 0.5) is 10.6 Å². The van der Waals surface area contributed by atoms with Crippen molar-refractivity contribution in [2.24, 2.45) is 0 Å². The quantitative estimate of drug-likeness (QED) is 0.844. The van der Waals surface area contributed by atoms with Crippen molar-refractivity contribution in [1.82, 2.24) is 10.1 Å². The van der Waals surface area contributed by atoms with Crippen LogP contribution in [-0.4, -0.2) is 41.3 Å². The van der Waals surface area contributed by atoms with Gasteiger partial charge in [0.2, 0.25) is 0 Å². The number of carbonyl (C=O) groups excluding carboxylic acids is 2. The van der Waals surface area contributed by atoms with E-state index in [-0.39, 0.29) is 18.4 Å². The van der Waals surface area contributed by atoms with Gasteiger partial charge in [-0.25, -0.2) is 4.79 Å². The Balaban J connectivity index is 2.28. The first kappa shape index (κ1) is 17.0. The van der Waals surface area contributed by atoms with E-state index in [0.717, 1.165) is 0 Å². The van der Waals surface area contributed by atoms with E-state index in [9.17, 15) is 9.59 Å². The largest absolute Gasteiger partial charge is 0.460 e. The van der Waals surface area contributed by atoms with Crippen LogP contribution in [0.5, 0.6) is 0 Å². The lowest BCUT2D eigenvalue weighted by Crippen LogP contribution is -2.32. The number of aryl methyl sites for hydroxylation is 1. The predicted molar refractivity (Wildman–Crippen MR) is 78.0 cm³/mol. The van der Waals surface area contributed by atoms with Crippen LogP contribution >= 0.6 is 0 Å². The summed E-state index contributed by atoms with van der Waals surface area (Å²) in [5.41, 5.74) is -0.481. The summed E-state index contributed by atoms with van der Waals surface area (Å²) in [6.45, 7) is 7.66. The second-order valence-electron chi connectivity index (χ2n) is 5.86. The number of amides is 2. The SMILES string of the molecule is Cc1cc(NC(=O)N(C)CCCC(=O)OC(C)(C)C)no1. The molecule has 0 spiro atoms. The summed E-state index contributed by atoms with van der Waals surface area (Å²) in [5.74, 6) is 0.734. The van der Waals surface area contributed by atoms with E-state index in [1.165, 1.54) is 4.90 Å². The molecule has 0 aliphatic carbocycles. The summed E-state index contributed by atoms with van der Waals surface area (Å²) in [5, 5.41) is 6.28. The van der Waals surface area contributed by atoms with Gasteiger partial charge in [-0.1, -0.05) is 5.16 Å². The van der Waals surface area contributed by atoms with Gasteiger partial charge >= 0.3 is 12.0 Å². The van der Waals surface area contributed by atoms with Gasteiger partial charge in [-0.05, 0) is 34.1 Å². The van der Waals surface area contributed by atoms with Crippen LogP contribution in [0.2, 0.25) is 0 Å². The van der Waals surface area contributed by atoms with Crippen LogP contribution in [0.3, 0.4) is 0 Å². The van der Waals surface area contributed by atoms with Crippen molar-refractivity contribution in [2.45, 2.75) is 46.1 Å². The number of hydrogen-bond acceptors (Lipinski definition) is 5. The molecule has 0 radical (unpaired) electrons. The number of urea groups is 1. The first-order chi connectivity index (χ1) is 9.67. The molecule has 1 heterocycles. The van der Waals surface area contributed by atoms with Crippen LogP contribution in [0.15, 0.2) is 10.6 Å². The number of ether oxygens (including phenoxy) is 1. The van der Waals surface area contributed by atoms with Gasteiger partial charge in [0, 0.05) is 26.1 Å². The van der Waals surface area contributed by atoms with E-state index in [0.29, 0.717) is 24.5 Å². The number of nitrogens with one attached hydrogen (secondary N) is 1. The molecule has 0 bridgehead atoms. The highest BCUT2D eigenvalue weighted by atomic mass is 16.6. The number of rotatable bonds is 5. The smallest absolute Gasteiger partial charge is 0.322 e. The molecule has 1 rings (SSSR count). The molecule has 0 aliphatic heterocycles. The van der Waals surface area contributed by atoms with Gasteiger partial charge < -0.3 is 14.2 Å². The predicted octanol–water partition coefficient (Wildman–Crippen LogP) is 2.57. The maximum absolute atomic E-state index is 11.8. The van der Waals surface area contributed by atoms with Crippen molar-refractivity contribution < 1.29 is 18.8 Å². The summed E-state index contributed by atoms with van der Waals surface area (Å²) >= 11 is 0. The molecular formula is C14H23N3O4. The van der Waals surface area contributed by atoms with Crippen LogP contribution in [0.25, 0.3) is 0 Å². The second-order valence-corrected chi connectivity index (χ2v) is 5.86. The molecule has 1 N–H and O–H groups in total. The molecular weight excluding hydrogens is 274 g/mol. The first-order valence-electron chi connectivity index (χ1n) is 6.84. The van der Waals surface area contributed by atoms with Gasteiger partial charge in [-0.15, -0.1) is 0 Å². The van der Waals surface area contributed by atoms with Crippen molar-refractivity contribution in [3.8, 4) is 0 Å². The van der Waals surface area contributed by atoms with Crippen LogP contribution in [0, 0.1) is 6.92 Å². The Bertz CT molecular complexity index is 491. The van der Waals surface area contributed by atoms with Gasteiger partial charge in [-0.3, -0.25) is 10.1 Å². The maximum Gasteiger partial charge on any atom is 0.322 e. The summed E-state index contributed by atoms with van der Waals surface area (Å²) in [6.07, 6.45) is 0.814. The monoisotopic (exact) mass is 297 g/mol. The average Bonchev–Trinajstić information content (AvgIpc) is 2.72. The van der Waals surface area contributed by atoms with E-state index < -0.39 is 5.60 Å². The minimum Gasteiger partial charge on any atom is -0.460 e. The van der Waals surface area contributed by atoms with E-state index >= 15 is 0 Å². The van der Waals surface area contributed by atoms with Crippen molar-refractivity contribution in [1.29, 1.82) is 0 Å². The number of aromatic nitrogens is 1. The molecule has 0 aliphatic rings. The van der Waals surface area contributed by atoms with Gasteiger partial charge in [0.05, 0.1) is 0 Å². The Kier molecular flexibility index (Phi) is 5.75. The second kappa shape index (κ2) is 7.10. The van der Waals surface area contributed by atoms with Gasteiger partial charge in [0.25, 0.3) is 0 Å². The molecule has 0 aromatic carbocycles. The highest BCUT2D eigenvalue weighted by Crippen LogP contribution is 2.10. The van der Waals surface area contributed by atoms with Crippen LogP contribution in [0.1, 0.15) is 39.4 Å². The number of hydrogen-bond donors (Lipinski definition) is 1. The Labute approximate surface area is 124 Å². The molecule has 0 fully saturated rings. The molecule has 2 amide bonds. The third kappa shape index (κ3) is 6.78. The van der Waals surface area contributed by atoms with Gasteiger partial charge in [0.1, 0.15) is 11.4 Å². The minimum atomic E-state index is -0.481. The topological polar surface area (TPSA) is 84.7 Å². The van der Waals surface area contributed by atoms with E-state index in [2.05, 4.69) is 10.5 Å². The molecule has 21 heavy (non-hydrogen) atoms. The summed E-state index contributed by atoms with van der Waals surface area (Å²) < 4.78 is 10.1. The third-order valence-electron chi connectivity index (χ3n) is 2.50. The fraction of sp³-hybridized carbons (Fsp3) is 0.643. The van der Waals surface area contributed by atoms with Gasteiger partial charge in [-0.2, -0.15) is 0 Å². The molecule has 0 saturated heterocycles. The molecule has 0 saturated carbocycles. The van der Waals surface area contributed by atoms with Crippen molar-refractivity contribution in [3.05, 3.63) is 11.8 Å². The standard InChI is InChI=1S/C14H23N3O4/c1-10-9-11(16-21-10)15-13(19)17(5)8-6-7-12(18)20-14(2,3)4/h9H,6-8H2,1-5H3,(H,15,16,19).